The third-order valence-electron chi connectivity index (χ3n) is 3.24. The molecule has 5 heteroatoms. The Morgan fingerprint density at radius 3 is 2.43 bits per heavy atom. The fraction of sp³-hybridized carbons (Fsp3) is 0.500. The molecule has 0 saturated carbocycles. The van der Waals surface area contributed by atoms with Crippen LogP contribution in [0.25, 0.3) is 0 Å². The molecule has 1 atom stereocenters. The lowest BCUT2D eigenvalue weighted by Gasteiger charge is -2.10. The van der Waals surface area contributed by atoms with Gasteiger partial charge in [-0.25, -0.2) is 0 Å². The van der Waals surface area contributed by atoms with Gasteiger partial charge in [0.05, 0.1) is 6.61 Å². The van der Waals surface area contributed by atoms with Crippen molar-refractivity contribution < 1.29 is 19.4 Å². The van der Waals surface area contributed by atoms with Crippen molar-refractivity contribution >= 4 is 23.5 Å². The summed E-state index contributed by atoms with van der Waals surface area (Å²) in [5, 5.41) is 9.74. The van der Waals surface area contributed by atoms with Crippen LogP contribution in [0.1, 0.15) is 38.2 Å². The molecule has 0 aliphatic heterocycles. The molecule has 21 heavy (non-hydrogen) atoms. The van der Waals surface area contributed by atoms with Gasteiger partial charge in [-0.3, -0.25) is 9.59 Å². The highest BCUT2D eigenvalue weighted by Crippen LogP contribution is 2.15. The van der Waals surface area contributed by atoms with Crippen LogP contribution in [-0.4, -0.2) is 23.7 Å². The van der Waals surface area contributed by atoms with Gasteiger partial charge in [-0.2, -0.15) is 0 Å². The van der Waals surface area contributed by atoms with Crippen LogP contribution in [0.4, 0.5) is 0 Å². The maximum atomic E-state index is 11.5. The van der Waals surface area contributed by atoms with Gasteiger partial charge in [-0.15, -0.1) is 0 Å². The van der Waals surface area contributed by atoms with Crippen molar-refractivity contribution in [2.24, 2.45) is 5.92 Å². The summed E-state index contributed by atoms with van der Waals surface area (Å²) in [5.41, 5.74) is 1.21. The number of ether oxygens (including phenoxy) is 1. The van der Waals surface area contributed by atoms with Gasteiger partial charge >= 0.3 is 11.9 Å². The van der Waals surface area contributed by atoms with Gasteiger partial charge in [-0.05, 0) is 43.9 Å². The zero-order valence-corrected chi connectivity index (χ0v) is 12.9. The number of unbranched alkanes of at least 4 members (excludes halogenated alkanes) is 2. The number of hydrogen-bond acceptors (Lipinski definition) is 3. The number of halogens is 1. The van der Waals surface area contributed by atoms with Crippen molar-refractivity contribution in [3.8, 4) is 0 Å². The molecule has 1 aromatic carbocycles. The number of carbonyl (C=O) groups excluding carboxylic acids is 1. The summed E-state index contributed by atoms with van der Waals surface area (Å²) in [6, 6.07) is 7.69. The molecule has 0 aromatic heterocycles. The second-order valence-electron chi connectivity index (χ2n) is 4.87. The number of benzene rings is 1. The largest absolute Gasteiger partial charge is 0.481 e. The first-order valence-electron chi connectivity index (χ1n) is 7.18. The first-order valence-corrected chi connectivity index (χ1v) is 7.56. The van der Waals surface area contributed by atoms with Gasteiger partial charge in [0.15, 0.2) is 5.92 Å². The van der Waals surface area contributed by atoms with E-state index in [9.17, 15) is 9.59 Å². The fourth-order valence-electron chi connectivity index (χ4n) is 2.09. The Bertz CT molecular complexity index is 456. The van der Waals surface area contributed by atoms with E-state index in [1.807, 2.05) is 24.3 Å². The predicted molar refractivity (Wildman–Crippen MR) is 81.4 cm³/mol. The fourth-order valence-corrected chi connectivity index (χ4v) is 2.22. The molecule has 116 valence electrons. The van der Waals surface area contributed by atoms with E-state index in [0.717, 1.165) is 24.3 Å². The number of rotatable bonds is 9. The van der Waals surface area contributed by atoms with E-state index in [2.05, 4.69) is 0 Å². The van der Waals surface area contributed by atoms with Crippen LogP contribution in [0.5, 0.6) is 0 Å². The van der Waals surface area contributed by atoms with Crippen molar-refractivity contribution in [1.29, 1.82) is 0 Å². The zero-order valence-electron chi connectivity index (χ0n) is 12.2. The first kappa shape index (κ1) is 17.5. The van der Waals surface area contributed by atoms with E-state index < -0.39 is 17.9 Å². The van der Waals surface area contributed by atoms with E-state index in [1.165, 1.54) is 5.56 Å². The molecule has 0 unspecified atom stereocenters. The summed E-state index contributed by atoms with van der Waals surface area (Å²) < 4.78 is 4.77. The molecular weight excluding hydrogens is 292 g/mol. The summed E-state index contributed by atoms with van der Waals surface area (Å²) >= 11 is 5.82. The molecule has 0 aliphatic rings. The highest BCUT2D eigenvalue weighted by molar-refractivity contribution is 6.30. The Morgan fingerprint density at radius 1 is 1.19 bits per heavy atom. The normalized spacial score (nSPS) is 11.9. The standard InChI is InChI=1S/C16H21ClO4/c1-2-21-16(20)14(15(18)19)7-5-3-4-6-12-8-10-13(17)11-9-12/h8-11,14H,2-7H2,1H3,(H,18,19)/t14-/m1/s1. The first-order chi connectivity index (χ1) is 10.0. The molecule has 1 aromatic rings. The summed E-state index contributed by atoms with van der Waals surface area (Å²) in [4.78, 5) is 22.5. The number of esters is 1. The number of aryl methyl sites for hydroxylation is 1. The van der Waals surface area contributed by atoms with Crippen LogP contribution in [0.3, 0.4) is 0 Å². The molecule has 0 spiro atoms. The van der Waals surface area contributed by atoms with Gasteiger partial charge in [0.25, 0.3) is 0 Å². The van der Waals surface area contributed by atoms with Crippen molar-refractivity contribution in [2.45, 2.75) is 39.0 Å². The van der Waals surface area contributed by atoms with Crippen molar-refractivity contribution in [1.82, 2.24) is 0 Å². The summed E-state index contributed by atoms with van der Waals surface area (Å²) in [5.74, 6) is -2.78. The minimum Gasteiger partial charge on any atom is -0.481 e. The Morgan fingerprint density at radius 2 is 1.86 bits per heavy atom. The van der Waals surface area contributed by atoms with Gasteiger partial charge in [0.1, 0.15) is 0 Å². The smallest absolute Gasteiger partial charge is 0.320 e. The summed E-state index contributed by atoms with van der Waals surface area (Å²) in [7, 11) is 0. The molecule has 0 fully saturated rings. The molecule has 0 bridgehead atoms. The third kappa shape index (κ3) is 6.63. The number of hydrogen-bond donors (Lipinski definition) is 1. The molecular formula is C16H21ClO4. The summed E-state index contributed by atoms with van der Waals surface area (Å²) in [6.07, 6.45) is 3.79. The number of carboxylic acids is 1. The van der Waals surface area contributed by atoms with Crippen LogP contribution < -0.4 is 0 Å². The monoisotopic (exact) mass is 312 g/mol. The number of carboxylic acid groups (broad SMARTS) is 1. The highest BCUT2D eigenvalue weighted by atomic mass is 35.5. The van der Waals surface area contributed by atoms with Crippen molar-refractivity contribution in [3.05, 3.63) is 34.9 Å². The average molecular weight is 313 g/mol. The Balaban J connectivity index is 2.26. The van der Waals surface area contributed by atoms with Crippen LogP contribution in [0.2, 0.25) is 5.02 Å². The Hall–Kier alpha value is -1.55. The highest BCUT2D eigenvalue weighted by Gasteiger charge is 2.26. The quantitative estimate of drug-likeness (QED) is 0.429. The molecule has 0 amide bonds. The SMILES string of the molecule is CCOC(=O)[C@H](CCCCCc1ccc(Cl)cc1)C(=O)O. The molecule has 4 nitrogen and oxygen atoms in total. The maximum absolute atomic E-state index is 11.5. The molecule has 0 heterocycles. The second-order valence-corrected chi connectivity index (χ2v) is 5.31. The minimum atomic E-state index is -1.11. The van der Waals surface area contributed by atoms with E-state index in [4.69, 9.17) is 21.4 Å². The third-order valence-corrected chi connectivity index (χ3v) is 3.49. The second kappa shape index (κ2) is 9.40. The lowest BCUT2D eigenvalue weighted by molar-refractivity contribution is -0.158. The van der Waals surface area contributed by atoms with Crippen molar-refractivity contribution in [2.75, 3.05) is 6.61 Å². The maximum Gasteiger partial charge on any atom is 0.320 e. The predicted octanol–water partition coefficient (Wildman–Crippen LogP) is 3.71. The molecule has 0 aliphatic carbocycles. The van der Waals surface area contributed by atoms with Crippen LogP contribution in [-0.2, 0) is 20.7 Å². The van der Waals surface area contributed by atoms with E-state index in [1.54, 1.807) is 6.92 Å². The van der Waals surface area contributed by atoms with Crippen LogP contribution in [0.15, 0.2) is 24.3 Å². The van der Waals surface area contributed by atoms with Gasteiger partial charge in [0.2, 0.25) is 0 Å². The van der Waals surface area contributed by atoms with Gasteiger partial charge in [-0.1, -0.05) is 36.6 Å². The average Bonchev–Trinajstić information content (AvgIpc) is 2.44. The van der Waals surface area contributed by atoms with E-state index in [-0.39, 0.29) is 6.61 Å². The van der Waals surface area contributed by atoms with Crippen LogP contribution in [0, 0.1) is 5.92 Å². The number of aliphatic carboxylic acids is 1. The topological polar surface area (TPSA) is 63.6 Å². The Labute approximate surface area is 130 Å². The Kier molecular flexibility index (Phi) is 7.83. The number of carbonyl (C=O) groups is 2. The van der Waals surface area contributed by atoms with Crippen molar-refractivity contribution in [3.63, 3.8) is 0 Å². The molecule has 1 rings (SSSR count). The molecule has 0 radical (unpaired) electrons. The molecule has 0 saturated heterocycles. The lowest BCUT2D eigenvalue weighted by atomic mass is 10.00. The summed E-state index contributed by atoms with van der Waals surface area (Å²) in [6.45, 7) is 1.88. The van der Waals surface area contributed by atoms with Gasteiger partial charge < -0.3 is 9.84 Å². The minimum absolute atomic E-state index is 0.208. The zero-order chi connectivity index (χ0) is 15.7. The molecule has 1 N–H and O–H groups in total. The van der Waals surface area contributed by atoms with E-state index >= 15 is 0 Å². The van der Waals surface area contributed by atoms with Gasteiger partial charge in [0, 0.05) is 5.02 Å². The lowest BCUT2D eigenvalue weighted by Crippen LogP contribution is -2.25. The van der Waals surface area contributed by atoms with Crippen LogP contribution >= 0.6 is 11.6 Å². The van der Waals surface area contributed by atoms with E-state index in [0.29, 0.717) is 12.8 Å².